The van der Waals surface area contributed by atoms with Crippen molar-refractivity contribution in [2.75, 3.05) is 0 Å². The third-order valence-corrected chi connectivity index (χ3v) is 6.98. The summed E-state index contributed by atoms with van der Waals surface area (Å²) in [6.45, 7) is 2.24. The zero-order valence-electron chi connectivity index (χ0n) is 17.2. The van der Waals surface area contributed by atoms with E-state index in [-0.39, 0.29) is 0 Å². The Kier molecular flexibility index (Phi) is 7.90. The Bertz CT molecular complexity index is 693. The van der Waals surface area contributed by atoms with Crippen LogP contribution in [-0.2, 0) is 6.42 Å². The Labute approximate surface area is 170 Å². The smallest absolute Gasteiger partial charge is 0.195 e. The van der Waals surface area contributed by atoms with Gasteiger partial charge in [-0.3, -0.25) is 0 Å². The predicted octanol–water partition coefficient (Wildman–Crippen LogP) is 7.65. The van der Waals surface area contributed by atoms with E-state index in [1.165, 1.54) is 81.9 Å². The Morgan fingerprint density at radius 3 is 2.18 bits per heavy atom. The van der Waals surface area contributed by atoms with Gasteiger partial charge in [0.25, 0.3) is 0 Å². The first kappa shape index (κ1) is 20.8. The zero-order valence-corrected chi connectivity index (χ0v) is 17.2. The van der Waals surface area contributed by atoms with Crippen LogP contribution in [0.25, 0.3) is 0 Å². The largest absolute Gasteiger partial charge is 0.199 e. The third-order valence-electron chi connectivity index (χ3n) is 6.98. The summed E-state index contributed by atoms with van der Waals surface area (Å²) in [6.07, 6.45) is 18.0. The fourth-order valence-corrected chi connectivity index (χ4v) is 5.31. The van der Waals surface area contributed by atoms with Crippen molar-refractivity contribution in [2.45, 2.75) is 77.0 Å². The van der Waals surface area contributed by atoms with Gasteiger partial charge in [-0.05, 0) is 98.7 Å². The number of nitrogens with zero attached hydrogens (tertiary/aromatic N) is 1. The summed E-state index contributed by atoms with van der Waals surface area (Å²) < 4.78 is 12.8. The Morgan fingerprint density at radius 2 is 1.61 bits per heavy atom. The summed E-state index contributed by atoms with van der Waals surface area (Å²) in [5.41, 5.74) is 3.02. The van der Waals surface area contributed by atoms with Gasteiger partial charge >= 0.3 is 0 Å². The molecule has 0 amide bonds. The standard InChI is InChI=1S/C26H34FN/c1-2-4-20-7-11-22(12-8-20)24-15-17-25(18-16-24)23-13-9-21(10-14-23)5-3-6-26(27)19-28/h3,5-8,11-12,21,23-25H,2,4,9-10,13-18H2,1H3/b5-3+,26-6-/t21?,23?,24-,25-. The minimum absolute atomic E-state index is 0.553. The van der Waals surface area contributed by atoms with Crippen molar-refractivity contribution >= 4 is 0 Å². The predicted molar refractivity (Wildman–Crippen MR) is 115 cm³/mol. The topological polar surface area (TPSA) is 23.8 Å². The van der Waals surface area contributed by atoms with Gasteiger partial charge in [0.2, 0.25) is 0 Å². The van der Waals surface area contributed by atoms with E-state index >= 15 is 0 Å². The number of rotatable bonds is 6. The quantitative estimate of drug-likeness (QED) is 0.368. The summed E-state index contributed by atoms with van der Waals surface area (Å²) in [4.78, 5) is 0. The van der Waals surface area contributed by atoms with E-state index in [9.17, 15) is 4.39 Å². The number of halogens is 1. The lowest BCUT2D eigenvalue weighted by Crippen LogP contribution is -2.25. The van der Waals surface area contributed by atoms with Crippen LogP contribution in [0, 0.1) is 29.1 Å². The van der Waals surface area contributed by atoms with Crippen LogP contribution < -0.4 is 0 Å². The highest BCUT2D eigenvalue weighted by atomic mass is 19.1. The van der Waals surface area contributed by atoms with Gasteiger partial charge in [-0.1, -0.05) is 49.8 Å². The summed E-state index contributed by atoms with van der Waals surface area (Å²) in [7, 11) is 0. The molecule has 1 aromatic rings. The van der Waals surface area contributed by atoms with Gasteiger partial charge in [-0.2, -0.15) is 9.65 Å². The molecule has 0 heterocycles. The minimum Gasteiger partial charge on any atom is -0.195 e. The van der Waals surface area contributed by atoms with Crippen molar-refractivity contribution in [1.82, 2.24) is 0 Å². The SMILES string of the molecule is CCCc1ccc([C@H]2CC[C@H](C3CCC(/C=C/C=C(\F)C#N)CC3)CC2)cc1. The molecule has 0 spiro atoms. The van der Waals surface area contributed by atoms with Gasteiger partial charge in [0.05, 0.1) is 0 Å². The molecule has 1 aromatic carbocycles. The maximum Gasteiger partial charge on any atom is 0.199 e. The second-order valence-corrected chi connectivity index (χ2v) is 8.79. The first-order valence-corrected chi connectivity index (χ1v) is 11.2. The van der Waals surface area contributed by atoms with Gasteiger partial charge < -0.3 is 0 Å². The van der Waals surface area contributed by atoms with E-state index in [0.29, 0.717) is 5.92 Å². The zero-order chi connectivity index (χ0) is 19.8. The Balaban J connectivity index is 1.43. The van der Waals surface area contributed by atoms with Crippen molar-refractivity contribution in [3.8, 4) is 6.07 Å². The van der Waals surface area contributed by atoms with Gasteiger partial charge in [0.15, 0.2) is 5.83 Å². The molecule has 0 radical (unpaired) electrons. The Morgan fingerprint density at radius 1 is 1.00 bits per heavy atom. The van der Waals surface area contributed by atoms with Crippen molar-refractivity contribution in [3.05, 3.63) is 59.4 Å². The molecule has 2 heteroatoms. The third kappa shape index (κ3) is 5.81. The van der Waals surface area contributed by atoms with E-state index in [0.717, 1.165) is 17.8 Å². The highest BCUT2D eigenvalue weighted by molar-refractivity contribution is 5.26. The van der Waals surface area contributed by atoms with Gasteiger partial charge in [0.1, 0.15) is 6.07 Å². The average molecular weight is 380 g/mol. The number of aryl methyl sites for hydroxylation is 1. The molecule has 3 rings (SSSR count). The lowest BCUT2D eigenvalue weighted by molar-refractivity contribution is 0.171. The maximum atomic E-state index is 12.8. The molecule has 2 fully saturated rings. The molecule has 0 bridgehead atoms. The van der Waals surface area contributed by atoms with Crippen LogP contribution in [0.1, 0.15) is 81.8 Å². The van der Waals surface area contributed by atoms with Gasteiger partial charge in [0, 0.05) is 0 Å². The molecule has 150 valence electrons. The fourth-order valence-electron chi connectivity index (χ4n) is 5.31. The van der Waals surface area contributed by atoms with E-state index in [4.69, 9.17) is 5.26 Å². The fraction of sp³-hybridized carbons (Fsp3) is 0.577. The lowest BCUT2D eigenvalue weighted by atomic mass is 9.68. The van der Waals surface area contributed by atoms with E-state index in [2.05, 4.69) is 37.3 Å². The minimum atomic E-state index is -0.707. The number of allylic oxidation sites excluding steroid dienone is 4. The molecule has 28 heavy (non-hydrogen) atoms. The van der Waals surface area contributed by atoms with Crippen LogP contribution >= 0.6 is 0 Å². The molecular weight excluding hydrogens is 345 g/mol. The summed E-state index contributed by atoms with van der Waals surface area (Å²) >= 11 is 0. The molecule has 2 aliphatic carbocycles. The first-order valence-electron chi connectivity index (χ1n) is 11.2. The number of hydrogen-bond acceptors (Lipinski definition) is 1. The van der Waals surface area contributed by atoms with E-state index < -0.39 is 5.83 Å². The molecule has 0 atom stereocenters. The molecular formula is C26H34FN. The molecule has 0 saturated heterocycles. The molecule has 2 aliphatic rings. The second-order valence-electron chi connectivity index (χ2n) is 8.79. The average Bonchev–Trinajstić information content (AvgIpc) is 2.75. The van der Waals surface area contributed by atoms with Crippen molar-refractivity contribution in [1.29, 1.82) is 5.26 Å². The Hall–Kier alpha value is -1.88. The van der Waals surface area contributed by atoms with Crippen LogP contribution in [0.15, 0.2) is 48.3 Å². The van der Waals surface area contributed by atoms with Crippen LogP contribution in [0.2, 0.25) is 0 Å². The number of hydrogen-bond donors (Lipinski definition) is 0. The summed E-state index contributed by atoms with van der Waals surface area (Å²) in [5, 5.41) is 8.45. The van der Waals surface area contributed by atoms with E-state index in [1.807, 2.05) is 0 Å². The molecule has 2 saturated carbocycles. The number of nitriles is 1. The highest BCUT2D eigenvalue weighted by Crippen LogP contribution is 2.44. The first-order chi connectivity index (χ1) is 13.7. The van der Waals surface area contributed by atoms with Crippen molar-refractivity contribution in [3.63, 3.8) is 0 Å². The molecule has 0 unspecified atom stereocenters. The highest BCUT2D eigenvalue weighted by Gasteiger charge is 2.30. The van der Waals surface area contributed by atoms with Crippen LogP contribution in [-0.4, -0.2) is 0 Å². The maximum absolute atomic E-state index is 12.8. The van der Waals surface area contributed by atoms with Crippen molar-refractivity contribution < 1.29 is 4.39 Å². The summed E-state index contributed by atoms with van der Waals surface area (Å²) in [5.74, 6) is 2.38. The van der Waals surface area contributed by atoms with Crippen LogP contribution in [0.3, 0.4) is 0 Å². The monoisotopic (exact) mass is 379 g/mol. The van der Waals surface area contributed by atoms with Crippen LogP contribution in [0.5, 0.6) is 0 Å². The van der Waals surface area contributed by atoms with Crippen molar-refractivity contribution in [2.24, 2.45) is 17.8 Å². The normalized spacial score (nSPS) is 29.0. The van der Waals surface area contributed by atoms with Gasteiger partial charge in [-0.15, -0.1) is 0 Å². The van der Waals surface area contributed by atoms with Gasteiger partial charge in [-0.25, -0.2) is 0 Å². The molecule has 0 N–H and O–H groups in total. The lowest BCUT2D eigenvalue weighted by Gasteiger charge is -2.37. The number of benzene rings is 1. The molecule has 0 aliphatic heterocycles. The summed E-state index contributed by atoms with van der Waals surface area (Å²) in [6, 6.07) is 10.9. The second kappa shape index (κ2) is 10.6. The molecule has 0 aromatic heterocycles. The van der Waals surface area contributed by atoms with E-state index in [1.54, 1.807) is 11.6 Å². The van der Waals surface area contributed by atoms with Crippen LogP contribution in [0.4, 0.5) is 4.39 Å². The molecule has 1 nitrogen and oxygen atoms in total.